The minimum Gasteiger partial charge on any atom is -0.378 e. The Bertz CT molecular complexity index is 415. The molecule has 0 aromatic heterocycles. The molecule has 1 aliphatic heterocycles. The van der Waals surface area contributed by atoms with Crippen molar-refractivity contribution in [3.05, 3.63) is 34.9 Å². The van der Waals surface area contributed by atoms with Gasteiger partial charge in [0.1, 0.15) is 11.6 Å². The fraction of sp³-hybridized carbons (Fsp3) is 0.364. The van der Waals surface area contributed by atoms with Crippen LogP contribution in [0.2, 0.25) is 0 Å². The van der Waals surface area contributed by atoms with Crippen LogP contribution in [0, 0.1) is 23.0 Å². The molecule has 1 saturated heterocycles. The molecule has 5 heteroatoms. The van der Waals surface area contributed by atoms with Crippen LogP contribution in [0.1, 0.15) is 11.1 Å². The first-order valence-corrected chi connectivity index (χ1v) is 4.90. The van der Waals surface area contributed by atoms with Gasteiger partial charge in [0.2, 0.25) is 0 Å². The second-order valence-corrected chi connectivity index (χ2v) is 3.65. The minimum absolute atomic E-state index is 0.00859. The van der Waals surface area contributed by atoms with Gasteiger partial charge in [-0.1, -0.05) is 0 Å². The highest BCUT2D eigenvalue weighted by atomic mass is 19.1. The number of hydrogen-bond donors (Lipinski definition) is 1. The zero-order valence-electron chi connectivity index (χ0n) is 8.46. The van der Waals surface area contributed by atoms with Crippen LogP contribution in [-0.2, 0) is 11.3 Å². The monoisotopic (exact) mass is 224 g/mol. The average molecular weight is 224 g/mol. The summed E-state index contributed by atoms with van der Waals surface area (Å²) in [5.41, 5.74) is -0.0448. The third-order valence-corrected chi connectivity index (χ3v) is 2.48. The highest BCUT2D eigenvalue weighted by Crippen LogP contribution is 2.15. The molecule has 0 aliphatic carbocycles. The zero-order chi connectivity index (χ0) is 11.5. The van der Waals surface area contributed by atoms with Crippen LogP contribution in [-0.4, -0.2) is 19.3 Å². The van der Waals surface area contributed by atoms with Gasteiger partial charge < -0.3 is 10.1 Å². The first-order valence-electron chi connectivity index (χ1n) is 4.90. The third-order valence-electron chi connectivity index (χ3n) is 2.48. The quantitative estimate of drug-likeness (QED) is 0.842. The van der Waals surface area contributed by atoms with E-state index >= 15 is 0 Å². The second-order valence-electron chi connectivity index (χ2n) is 3.65. The van der Waals surface area contributed by atoms with Crippen molar-refractivity contribution in [2.75, 3.05) is 13.2 Å². The summed E-state index contributed by atoms with van der Waals surface area (Å²) in [6.07, 6.45) is 0. The van der Waals surface area contributed by atoms with E-state index in [4.69, 9.17) is 10.00 Å². The third kappa shape index (κ3) is 2.18. The van der Waals surface area contributed by atoms with E-state index in [1.165, 1.54) is 0 Å². The standard InChI is InChI=1S/C11H10F2N2O/c12-10-1-7(3-14)2-11(13)9(10)4-15-8-5-16-6-8/h1-2,8,15H,4-6H2. The molecule has 1 aromatic rings. The van der Waals surface area contributed by atoms with Gasteiger partial charge in [-0.2, -0.15) is 5.26 Å². The fourth-order valence-electron chi connectivity index (χ4n) is 1.44. The molecule has 1 fully saturated rings. The van der Waals surface area contributed by atoms with Gasteiger partial charge in [-0.25, -0.2) is 8.78 Å². The number of benzene rings is 1. The molecule has 1 heterocycles. The summed E-state index contributed by atoms with van der Waals surface area (Å²) in [6, 6.07) is 3.94. The van der Waals surface area contributed by atoms with E-state index in [1.807, 2.05) is 0 Å². The number of nitriles is 1. The largest absolute Gasteiger partial charge is 0.378 e. The lowest BCUT2D eigenvalue weighted by Crippen LogP contribution is -2.45. The number of rotatable bonds is 3. The van der Waals surface area contributed by atoms with Crippen molar-refractivity contribution in [1.82, 2.24) is 5.32 Å². The topological polar surface area (TPSA) is 45.0 Å². The lowest BCUT2D eigenvalue weighted by Gasteiger charge is -2.27. The van der Waals surface area contributed by atoms with E-state index in [1.54, 1.807) is 6.07 Å². The maximum atomic E-state index is 13.4. The van der Waals surface area contributed by atoms with Crippen molar-refractivity contribution in [2.24, 2.45) is 0 Å². The number of ether oxygens (including phenoxy) is 1. The molecule has 1 aromatic carbocycles. The number of nitrogens with zero attached hydrogens (tertiary/aromatic N) is 1. The van der Waals surface area contributed by atoms with Gasteiger partial charge >= 0.3 is 0 Å². The number of nitrogens with one attached hydrogen (secondary N) is 1. The van der Waals surface area contributed by atoms with Crippen LogP contribution in [0.25, 0.3) is 0 Å². The van der Waals surface area contributed by atoms with Crippen LogP contribution in [0.15, 0.2) is 12.1 Å². The maximum Gasteiger partial charge on any atom is 0.131 e. The summed E-state index contributed by atoms with van der Waals surface area (Å²) in [4.78, 5) is 0. The van der Waals surface area contributed by atoms with E-state index in [0.29, 0.717) is 13.2 Å². The molecule has 0 atom stereocenters. The minimum atomic E-state index is -0.690. The van der Waals surface area contributed by atoms with Crippen LogP contribution < -0.4 is 5.32 Å². The Hall–Kier alpha value is -1.51. The van der Waals surface area contributed by atoms with Gasteiger partial charge in [-0.3, -0.25) is 0 Å². The summed E-state index contributed by atoms with van der Waals surface area (Å²) in [5.74, 6) is -1.38. The Balaban J connectivity index is 2.10. The molecule has 0 spiro atoms. The van der Waals surface area contributed by atoms with E-state index in [-0.39, 0.29) is 23.7 Å². The summed E-state index contributed by atoms with van der Waals surface area (Å²) in [5, 5.41) is 11.5. The second kappa shape index (κ2) is 4.56. The van der Waals surface area contributed by atoms with Gasteiger partial charge in [0.15, 0.2) is 0 Å². The summed E-state index contributed by atoms with van der Waals surface area (Å²) in [7, 11) is 0. The Morgan fingerprint density at radius 1 is 1.38 bits per heavy atom. The Kier molecular flexibility index (Phi) is 3.13. The Labute approximate surface area is 91.6 Å². The van der Waals surface area contributed by atoms with E-state index < -0.39 is 11.6 Å². The first-order chi connectivity index (χ1) is 7.70. The van der Waals surface area contributed by atoms with Gasteiger partial charge in [0, 0.05) is 12.1 Å². The molecule has 84 valence electrons. The molecule has 0 unspecified atom stereocenters. The van der Waals surface area contributed by atoms with Gasteiger partial charge in [0.05, 0.1) is 30.9 Å². The van der Waals surface area contributed by atoms with Crippen LogP contribution in [0.5, 0.6) is 0 Å². The molecule has 0 amide bonds. The highest BCUT2D eigenvalue weighted by molar-refractivity contribution is 5.34. The van der Waals surface area contributed by atoms with Gasteiger partial charge in [-0.05, 0) is 12.1 Å². The van der Waals surface area contributed by atoms with Crippen LogP contribution in [0.4, 0.5) is 8.78 Å². The molecule has 0 saturated carbocycles. The molecule has 0 bridgehead atoms. The summed E-state index contributed by atoms with van der Waals surface area (Å²) < 4.78 is 31.7. The van der Waals surface area contributed by atoms with Crippen molar-refractivity contribution < 1.29 is 13.5 Å². The normalized spacial score (nSPS) is 15.6. The molecular formula is C11H10F2N2O. The van der Waals surface area contributed by atoms with Crippen LogP contribution in [0.3, 0.4) is 0 Å². The predicted octanol–water partition coefficient (Wildman–Crippen LogP) is 1.32. The van der Waals surface area contributed by atoms with E-state index in [0.717, 1.165) is 12.1 Å². The average Bonchev–Trinajstić information content (AvgIpc) is 2.19. The van der Waals surface area contributed by atoms with Crippen molar-refractivity contribution in [3.63, 3.8) is 0 Å². The lowest BCUT2D eigenvalue weighted by molar-refractivity contribution is -0.00599. The molecule has 2 rings (SSSR count). The predicted molar refractivity (Wildman–Crippen MR) is 52.5 cm³/mol. The number of halogens is 2. The Morgan fingerprint density at radius 3 is 2.44 bits per heavy atom. The highest BCUT2D eigenvalue weighted by Gasteiger charge is 2.19. The van der Waals surface area contributed by atoms with Crippen molar-refractivity contribution >= 4 is 0 Å². The molecule has 3 nitrogen and oxygen atoms in total. The molecule has 1 N–H and O–H groups in total. The molecule has 16 heavy (non-hydrogen) atoms. The molecule has 0 radical (unpaired) electrons. The lowest BCUT2D eigenvalue weighted by atomic mass is 10.1. The van der Waals surface area contributed by atoms with Crippen LogP contribution >= 0.6 is 0 Å². The maximum absolute atomic E-state index is 13.4. The zero-order valence-corrected chi connectivity index (χ0v) is 8.46. The molecule has 1 aliphatic rings. The molecular weight excluding hydrogens is 214 g/mol. The Morgan fingerprint density at radius 2 is 2.00 bits per heavy atom. The van der Waals surface area contributed by atoms with Crippen molar-refractivity contribution in [2.45, 2.75) is 12.6 Å². The smallest absolute Gasteiger partial charge is 0.131 e. The summed E-state index contributed by atoms with van der Waals surface area (Å²) in [6.45, 7) is 1.25. The van der Waals surface area contributed by atoms with Gasteiger partial charge in [-0.15, -0.1) is 0 Å². The van der Waals surface area contributed by atoms with E-state index in [2.05, 4.69) is 5.32 Å². The van der Waals surface area contributed by atoms with E-state index in [9.17, 15) is 8.78 Å². The SMILES string of the molecule is N#Cc1cc(F)c(CNC2COC2)c(F)c1. The van der Waals surface area contributed by atoms with Crippen molar-refractivity contribution in [1.29, 1.82) is 5.26 Å². The summed E-state index contributed by atoms with van der Waals surface area (Å²) >= 11 is 0. The first kappa shape index (κ1) is 11.0. The number of hydrogen-bond acceptors (Lipinski definition) is 3. The fourth-order valence-corrected chi connectivity index (χ4v) is 1.44. The van der Waals surface area contributed by atoms with Gasteiger partial charge in [0.25, 0.3) is 0 Å². The van der Waals surface area contributed by atoms with Crippen molar-refractivity contribution in [3.8, 4) is 6.07 Å².